The molecule has 15 heavy (non-hydrogen) atoms. The Morgan fingerprint density at radius 3 is 2.47 bits per heavy atom. The van der Waals surface area contributed by atoms with Crippen molar-refractivity contribution in [3.63, 3.8) is 0 Å². The van der Waals surface area contributed by atoms with E-state index in [0.717, 1.165) is 11.8 Å². The average Bonchev–Trinajstić information content (AvgIpc) is 2.19. The summed E-state index contributed by atoms with van der Waals surface area (Å²) in [5.41, 5.74) is 0.545. The summed E-state index contributed by atoms with van der Waals surface area (Å²) in [6.07, 6.45) is 7.65. The molecule has 1 aliphatic carbocycles. The van der Waals surface area contributed by atoms with E-state index in [9.17, 15) is 0 Å². The minimum Gasteiger partial charge on any atom is -0.302 e. The third kappa shape index (κ3) is 3.57. The predicted octanol–water partition coefficient (Wildman–Crippen LogP) is 3.16. The highest BCUT2D eigenvalue weighted by molar-refractivity contribution is 7.98. The van der Waals surface area contributed by atoms with Gasteiger partial charge in [-0.25, -0.2) is 0 Å². The van der Waals surface area contributed by atoms with Gasteiger partial charge in [0.05, 0.1) is 0 Å². The van der Waals surface area contributed by atoms with Gasteiger partial charge in [-0.2, -0.15) is 24.4 Å². The van der Waals surface area contributed by atoms with Crippen LogP contribution < -0.4 is 0 Å². The van der Waals surface area contributed by atoms with Crippen LogP contribution in [0.5, 0.6) is 0 Å². The molecule has 1 nitrogen and oxygen atoms in total. The molecule has 0 heterocycles. The quantitative estimate of drug-likeness (QED) is 0.689. The Labute approximate surface area is 105 Å². The van der Waals surface area contributed by atoms with Crippen LogP contribution in [0.15, 0.2) is 0 Å². The maximum absolute atomic E-state index is 4.53. The number of hydrogen-bond acceptors (Lipinski definition) is 3. The van der Waals surface area contributed by atoms with E-state index in [1.54, 1.807) is 0 Å². The minimum atomic E-state index is 0.545. The van der Waals surface area contributed by atoms with Crippen LogP contribution in [0.2, 0.25) is 0 Å². The van der Waals surface area contributed by atoms with E-state index >= 15 is 0 Å². The number of rotatable bonds is 7. The van der Waals surface area contributed by atoms with Crippen LogP contribution in [0, 0.1) is 5.41 Å². The zero-order chi connectivity index (χ0) is 11.3. The van der Waals surface area contributed by atoms with Crippen molar-refractivity contribution >= 4 is 24.4 Å². The predicted molar refractivity (Wildman–Crippen MR) is 75.2 cm³/mol. The monoisotopic (exact) mass is 247 g/mol. The third-order valence-corrected chi connectivity index (χ3v) is 5.18. The summed E-state index contributed by atoms with van der Waals surface area (Å²) in [4.78, 5) is 2.56. The number of thioether (sulfide) groups is 1. The molecule has 0 N–H and O–H groups in total. The minimum absolute atomic E-state index is 0.545. The van der Waals surface area contributed by atoms with Gasteiger partial charge in [0.2, 0.25) is 0 Å². The van der Waals surface area contributed by atoms with Gasteiger partial charge in [-0.15, -0.1) is 0 Å². The molecule has 1 aliphatic rings. The zero-order valence-corrected chi connectivity index (χ0v) is 12.0. The average molecular weight is 247 g/mol. The lowest BCUT2D eigenvalue weighted by molar-refractivity contribution is 0.0857. The summed E-state index contributed by atoms with van der Waals surface area (Å²) in [6, 6.07) is 0.748. The van der Waals surface area contributed by atoms with Gasteiger partial charge in [0.15, 0.2) is 0 Å². The summed E-state index contributed by atoms with van der Waals surface area (Å²) in [6.45, 7) is 3.54. The molecule has 0 saturated heterocycles. The molecule has 0 aromatic carbocycles. The van der Waals surface area contributed by atoms with Crippen molar-refractivity contribution in [3.05, 3.63) is 0 Å². The summed E-state index contributed by atoms with van der Waals surface area (Å²) < 4.78 is 0. The summed E-state index contributed by atoms with van der Waals surface area (Å²) in [5.74, 6) is 2.32. The molecule has 0 bridgehead atoms. The van der Waals surface area contributed by atoms with Crippen LogP contribution >= 0.6 is 24.4 Å². The van der Waals surface area contributed by atoms with Crippen LogP contribution in [-0.4, -0.2) is 42.3 Å². The van der Waals surface area contributed by atoms with Gasteiger partial charge in [-0.3, -0.25) is 0 Å². The fourth-order valence-electron chi connectivity index (χ4n) is 2.45. The molecule has 0 aromatic heterocycles. The molecular weight excluding hydrogens is 222 g/mol. The third-order valence-electron chi connectivity index (χ3n) is 3.79. The SMILES string of the molecule is CCC(CSC)N(C)CC1(CS)CCC1. The first-order valence-corrected chi connectivity index (χ1v) is 8.00. The van der Waals surface area contributed by atoms with Crippen molar-refractivity contribution in [1.29, 1.82) is 0 Å². The highest BCUT2D eigenvalue weighted by Crippen LogP contribution is 2.42. The Kier molecular flexibility index (Phi) is 5.86. The molecule has 3 heteroatoms. The molecule has 1 atom stereocenters. The van der Waals surface area contributed by atoms with Crippen molar-refractivity contribution in [2.24, 2.45) is 5.41 Å². The second-order valence-electron chi connectivity index (χ2n) is 4.94. The topological polar surface area (TPSA) is 3.24 Å². The van der Waals surface area contributed by atoms with Gasteiger partial charge < -0.3 is 4.90 Å². The molecular formula is C12H25NS2. The summed E-state index contributed by atoms with van der Waals surface area (Å²) in [5, 5.41) is 0. The van der Waals surface area contributed by atoms with E-state index < -0.39 is 0 Å². The first kappa shape index (κ1) is 13.7. The molecule has 0 radical (unpaired) electrons. The molecule has 90 valence electrons. The molecule has 0 spiro atoms. The number of hydrogen-bond donors (Lipinski definition) is 1. The van der Waals surface area contributed by atoms with Crippen molar-refractivity contribution in [2.45, 2.75) is 38.6 Å². The standard InChI is InChI=1S/C12H25NS2/c1-4-11(8-15-3)13(2)9-12(10-14)6-5-7-12/h11,14H,4-10H2,1-3H3. The van der Waals surface area contributed by atoms with E-state index in [-0.39, 0.29) is 0 Å². The van der Waals surface area contributed by atoms with Crippen LogP contribution in [0.25, 0.3) is 0 Å². The number of nitrogens with zero attached hydrogens (tertiary/aromatic N) is 1. The van der Waals surface area contributed by atoms with E-state index in [1.807, 2.05) is 11.8 Å². The molecule has 1 fully saturated rings. The fourth-order valence-corrected chi connectivity index (χ4v) is 3.74. The van der Waals surface area contributed by atoms with Gasteiger partial charge in [0.1, 0.15) is 0 Å². The zero-order valence-electron chi connectivity index (χ0n) is 10.3. The molecule has 1 saturated carbocycles. The Bertz CT molecular complexity index is 175. The first-order chi connectivity index (χ1) is 7.17. The van der Waals surface area contributed by atoms with Crippen molar-refractivity contribution in [2.75, 3.05) is 31.4 Å². The second kappa shape index (κ2) is 6.41. The lowest BCUT2D eigenvalue weighted by atomic mass is 9.70. The lowest BCUT2D eigenvalue weighted by Crippen LogP contribution is -2.46. The highest BCUT2D eigenvalue weighted by atomic mass is 32.2. The summed E-state index contributed by atoms with van der Waals surface area (Å²) >= 11 is 6.49. The normalized spacial score (nSPS) is 21.4. The van der Waals surface area contributed by atoms with Crippen molar-refractivity contribution < 1.29 is 0 Å². The smallest absolute Gasteiger partial charge is 0.0180 e. The Morgan fingerprint density at radius 1 is 1.47 bits per heavy atom. The maximum Gasteiger partial charge on any atom is 0.0180 e. The largest absolute Gasteiger partial charge is 0.302 e. The molecule has 1 unspecified atom stereocenters. The van der Waals surface area contributed by atoms with Gasteiger partial charge >= 0.3 is 0 Å². The van der Waals surface area contributed by atoms with E-state index in [1.165, 1.54) is 38.0 Å². The van der Waals surface area contributed by atoms with Crippen molar-refractivity contribution in [1.82, 2.24) is 4.90 Å². The van der Waals surface area contributed by atoms with Gasteiger partial charge in [0, 0.05) is 18.3 Å². The van der Waals surface area contributed by atoms with Crippen molar-refractivity contribution in [3.8, 4) is 0 Å². The van der Waals surface area contributed by atoms with E-state index in [0.29, 0.717) is 5.41 Å². The highest BCUT2D eigenvalue weighted by Gasteiger charge is 2.37. The molecule has 0 aromatic rings. The van der Waals surface area contributed by atoms with Crippen LogP contribution in [0.3, 0.4) is 0 Å². The molecule has 0 amide bonds. The number of thiol groups is 1. The lowest BCUT2D eigenvalue weighted by Gasteiger charge is -2.45. The van der Waals surface area contributed by atoms with Crippen LogP contribution in [0.4, 0.5) is 0 Å². The second-order valence-corrected chi connectivity index (χ2v) is 6.17. The van der Waals surface area contributed by atoms with E-state index in [4.69, 9.17) is 0 Å². The molecule has 1 rings (SSSR count). The van der Waals surface area contributed by atoms with Gasteiger partial charge in [-0.1, -0.05) is 13.3 Å². The maximum atomic E-state index is 4.53. The summed E-state index contributed by atoms with van der Waals surface area (Å²) in [7, 11) is 2.29. The van der Waals surface area contributed by atoms with Gasteiger partial charge in [-0.05, 0) is 43.7 Å². The van der Waals surface area contributed by atoms with Crippen LogP contribution in [-0.2, 0) is 0 Å². The Morgan fingerprint density at radius 2 is 2.13 bits per heavy atom. The fraction of sp³-hybridized carbons (Fsp3) is 1.00. The Balaban J connectivity index is 2.41. The van der Waals surface area contributed by atoms with Crippen LogP contribution in [0.1, 0.15) is 32.6 Å². The molecule has 0 aliphatic heterocycles. The Hall–Kier alpha value is 0.660. The van der Waals surface area contributed by atoms with E-state index in [2.05, 4.69) is 37.8 Å². The first-order valence-electron chi connectivity index (χ1n) is 5.97. The van der Waals surface area contributed by atoms with Gasteiger partial charge in [0.25, 0.3) is 0 Å².